The number of nitrogens with zero attached hydrogens (tertiary/aromatic N) is 2. The van der Waals surface area contributed by atoms with E-state index in [9.17, 15) is 14.7 Å². The van der Waals surface area contributed by atoms with Crippen molar-refractivity contribution in [1.82, 2.24) is 9.80 Å². The highest BCUT2D eigenvalue weighted by atomic mass is 16.6. The number of esters is 1. The smallest absolute Gasteiger partial charge is 0.308 e. The van der Waals surface area contributed by atoms with Crippen LogP contribution in [0, 0.1) is 46.3 Å². The molecule has 7 nitrogen and oxygen atoms in total. The Morgan fingerprint density at radius 1 is 0.690 bits per heavy atom. The highest BCUT2D eigenvalue weighted by Gasteiger charge is 2.57. The topological polar surface area (TPSA) is 79.3 Å². The van der Waals surface area contributed by atoms with E-state index in [1.54, 1.807) is 11.1 Å². The molecule has 3 saturated carbocycles. The lowest BCUT2D eigenvalue weighted by molar-refractivity contribution is -0.149. The molecule has 1 aliphatic heterocycles. The molecule has 1 saturated heterocycles. The number of rotatable bonds is 37. The molecule has 410 valence electrons. The Bertz CT molecular complexity index is 1550. The molecule has 1 amide bonds. The summed E-state index contributed by atoms with van der Waals surface area (Å²) >= 11 is 0. The van der Waals surface area contributed by atoms with Crippen LogP contribution in [0.5, 0.6) is 0 Å². The highest BCUT2D eigenvalue weighted by molar-refractivity contribution is 5.76. The molecular weight excluding hydrogens is 877 g/mol. The van der Waals surface area contributed by atoms with Crippen LogP contribution in [0.25, 0.3) is 0 Å². The summed E-state index contributed by atoms with van der Waals surface area (Å²) in [5, 5.41) is 11.1. The van der Waals surface area contributed by atoms with Crippen molar-refractivity contribution < 1.29 is 24.2 Å². The van der Waals surface area contributed by atoms with Gasteiger partial charge in [-0.15, -0.1) is 0 Å². The summed E-state index contributed by atoms with van der Waals surface area (Å²) in [4.78, 5) is 31.4. The van der Waals surface area contributed by atoms with Crippen molar-refractivity contribution in [3.63, 3.8) is 0 Å². The summed E-state index contributed by atoms with van der Waals surface area (Å²) in [5.41, 5.74) is 4.05. The maximum atomic E-state index is 13.6. The van der Waals surface area contributed by atoms with Crippen molar-refractivity contribution in [2.45, 2.75) is 286 Å². The Hall–Kier alpha value is -1.70. The first-order valence-corrected chi connectivity index (χ1v) is 31.3. The summed E-state index contributed by atoms with van der Waals surface area (Å²) in [6, 6.07) is 0. The fourth-order valence-electron chi connectivity index (χ4n) is 14.7. The van der Waals surface area contributed by atoms with Gasteiger partial charge in [0.05, 0.1) is 18.6 Å². The summed E-state index contributed by atoms with van der Waals surface area (Å²) < 4.78 is 12.3. The third-order valence-corrected chi connectivity index (χ3v) is 19.4. The van der Waals surface area contributed by atoms with Crippen LogP contribution in [0.4, 0.5) is 0 Å². The van der Waals surface area contributed by atoms with Gasteiger partial charge in [0.2, 0.25) is 5.91 Å². The fourth-order valence-corrected chi connectivity index (χ4v) is 14.7. The molecule has 4 aliphatic carbocycles. The van der Waals surface area contributed by atoms with E-state index in [4.69, 9.17) is 9.47 Å². The molecule has 0 bridgehead atoms. The van der Waals surface area contributed by atoms with Crippen molar-refractivity contribution in [3.8, 4) is 0 Å². The Labute approximate surface area is 438 Å². The first-order chi connectivity index (χ1) is 34.4. The Balaban J connectivity index is 0.990. The number of amides is 1. The molecule has 4 fully saturated rings. The lowest BCUT2D eigenvalue weighted by atomic mass is 9.50. The van der Waals surface area contributed by atoms with Crippen LogP contribution in [0.1, 0.15) is 273 Å². The van der Waals surface area contributed by atoms with E-state index in [0.717, 1.165) is 146 Å². The molecule has 1 heterocycles. The van der Waals surface area contributed by atoms with E-state index in [0.29, 0.717) is 36.7 Å². The Morgan fingerprint density at radius 3 is 2.01 bits per heavy atom. The summed E-state index contributed by atoms with van der Waals surface area (Å²) in [6.45, 7) is 22.3. The minimum absolute atomic E-state index is 0.0355. The number of aliphatic hydroxyl groups excluding tert-OH is 1. The minimum atomic E-state index is -0.702. The van der Waals surface area contributed by atoms with Gasteiger partial charge in [0, 0.05) is 26.1 Å². The predicted molar refractivity (Wildman–Crippen MR) is 298 cm³/mol. The van der Waals surface area contributed by atoms with E-state index in [-0.39, 0.29) is 23.4 Å². The number of likely N-dealkylation sites (tertiary alicyclic amines) is 1. The largest absolute Gasteiger partial charge is 0.465 e. The van der Waals surface area contributed by atoms with Crippen LogP contribution in [0.2, 0.25) is 0 Å². The van der Waals surface area contributed by atoms with Gasteiger partial charge in [-0.1, -0.05) is 181 Å². The molecule has 5 aliphatic rings. The van der Waals surface area contributed by atoms with Crippen LogP contribution in [0.15, 0.2) is 23.3 Å². The summed E-state index contributed by atoms with van der Waals surface area (Å²) in [7, 11) is 0. The van der Waals surface area contributed by atoms with E-state index in [1.165, 1.54) is 122 Å². The number of carbonyl (C=O) groups is 2. The van der Waals surface area contributed by atoms with Crippen LogP contribution in [-0.2, 0) is 19.1 Å². The third kappa shape index (κ3) is 19.4. The SMILES string of the molecule is CCCCCCCCC(CCCCCC)C(=O)OCCCCCCN(CCCCCCC(O)OC1CCC2(C)C(=CC=C3C2CCC2(C)C3CCC2C(C)CCCC(C)C)C1)C(=O)CCN1CCCCC1. The molecule has 0 aromatic rings. The van der Waals surface area contributed by atoms with Crippen LogP contribution in [0.3, 0.4) is 0 Å². The molecule has 0 aromatic heterocycles. The number of hydrogen-bond acceptors (Lipinski definition) is 6. The van der Waals surface area contributed by atoms with Gasteiger partial charge < -0.3 is 24.4 Å². The molecule has 9 unspecified atom stereocenters. The lowest BCUT2D eigenvalue weighted by Crippen LogP contribution is -2.47. The number of hydrogen-bond donors (Lipinski definition) is 1. The van der Waals surface area contributed by atoms with Gasteiger partial charge in [0.25, 0.3) is 0 Å². The number of aliphatic hydroxyl groups is 1. The monoisotopic (exact) mass is 991 g/mol. The zero-order valence-corrected chi connectivity index (χ0v) is 47.7. The third-order valence-electron chi connectivity index (χ3n) is 19.4. The first kappa shape index (κ1) is 60.2. The van der Waals surface area contributed by atoms with Crippen LogP contribution in [-0.4, -0.2) is 78.5 Å². The van der Waals surface area contributed by atoms with Crippen molar-refractivity contribution in [2.24, 2.45) is 46.3 Å². The number of carbonyl (C=O) groups excluding carboxylic acids is 2. The second-order valence-corrected chi connectivity index (χ2v) is 25.3. The number of fused-ring (bicyclic) bond motifs is 5. The van der Waals surface area contributed by atoms with Crippen molar-refractivity contribution in [2.75, 3.05) is 39.3 Å². The lowest BCUT2D eigenvalue weighted by Gasteiger charge is -2.55. The van der Waals surface area contributed by atoms with Crippen LogP contribution < -0.4 is 0 Å². The predicted octanol–water partition coefficient (Wildman–Crippen LogP) is 16.7. The molecule has 0 aromatic carbocycles. The fraction of sp³-hybridized carbons (Fsp3) is 0.906. The first-order valence-electron chi connectivity index (χ1n) is 31.3. The quantitative estimate of drug-likeness (QED) is 0.0380. The van der Waals surface area contributed by atoms with Gasteiger partial charge in [0.1, 0.15) is 0 Å². The maximum absolute atomic E-state index is 13.6. The van der Waals surface area contributed by atoms with Gasteiger partial charge in [0.15, 0.2) is 6.29 Å². The normalized spacial score (nSPS) is 26.8. The average Bonchev–Trinajstić information content (AvgIpc) is 3.72. The number of allylic oxidation sites excluding steroid dienone is 3. The van der Waals surface area contributed by atoms with E-state index >= 15 is 0 Å². The van der Waals surface area contributed by atoms with Gasteiger partial charge in [-0.25, -0.2) is 0 Å². The molecule has 1 N–H and O–H groups in total. The van der Waals surface area contributed by atoms with Gasteiger partial charge in [-0.2, -0.15) is 0 Å². The number of piperidine rings is 1. The van der Waals surface area contributed by atoms with E-state index < -0.39 is 6.29 Å². The average molecular weight is 992 g/mol. The molecule has 9 atom stereocenters. The summed E-state index contributed by atoms with van der Waals surface area (Å²) in [5.74, 6) is 4.33. The molecular formula is C64H114N2O5. The zero-order chi connectivity index (χ0) is 50.9. The van der Waals surface area contributed by atoms with Crippen molar-refractivity contribution >= 4 is 11.9 Å². The van der Waals surface area contributed by atoms with E-state index in [2.05, 4.69) is 70.4 Å². The maximum Gasteiger partial charge on any atom is 0.308 e. The Kier molecular flexibility index (Phi) is 27.7. The van der Waals surface area contributed by atoms with Gasteiger partial charge in [-0.05, 0) is 163 Å². The van der Waals surface area contributed by atoms with Gasteiger partial charge >= 0.3 is 5.97 Å². The second kappa shape index (κ2) is 32.7. The van der Waals surface area contributed by atoms with E-state index in [1.807, 2.05) is 0 Å². The minimum Gasteiger partial charge on any atom is -0.465 e. The molecule has 5 rings (SSSR count). The zero-order valence-electron chi connectivity index (χ0n) is 47.7. The molecule has 71 heavy (non-hydrogen) atoms. The van der Waals surface area contributed by atoms with Crippen LogP contribution >= 0.6 is 0 Å². The standard InChI is InChI=1S/C64H114N2O5/c1-8-10-12-14-15-22-33-53(32-21-13-11-9-2)62(69)70-49-28-19-18-27-47-66(60(67)41-48-65-44-24-20-25-45-65)46-26-17-16-23-34-61(68)71-55-39-42-63(6)54(50-55)35-36-56-58-38-37-57(52(5)31-29-30-51(3)4)64(58,7)43-40-59(56)63/h35-36,51-53,55,57-59,61,68H,8-34,37-50H2,1-7H3. The molecule has 0 radical (unpaired) electrons. The number of unbranched alkanes of at least 4 members (excludes halogenated alkanes) is 14. The molecule has 7 heteroatoms. The van der Waals surface area contributed by atoms with Crippen molar-refractivity contribution in [3.05, 3.63) is 23.3 Å². The second-order valence-electron chi connectivity index (χ2n) is 25.3. The summed E-state index contributed by atoms with van der Waals surface area (Å²) in [6.07, 6.45) is 44.8. The number of ether oxygens (including phenoxy) is 2. The Morgan fingerprint density at radius 2 is 1.32 bits per heavy atom. The van der Waals surface area contributed by atoms with Crippen molar-refractivity contribution in [1.29, 1.82) is 0 Å². The van der Waals surface area contributed by atoms with Gasteiger partial charge in [-0.3, -0.25) is 9.59 Å². The highest BCUT2D eigenvalue weighted by Crippen LogP contribution is 2.66. The molecule has 0 spiro atoms.